The van der Waals surface area contributed by atoms with Crippen molar-refractivity contribution in [2.24, 2.45) is 20.5 Å². The van der Waals surface area contributed by atoms with Crippen LogP contribution in [0.3, 0.4) is 0 Å². The predicted molar refractivity (Wildman–Crippen MR) is 167 cm³/mol. The third kappa shape index (κ3) is 11.5. The van der Waals surface area contributed by atoms with Crippen molar-refractivity contribution >= 4 is 34.7 Å². The third-order valence-electron chi connectivity index (χ3n) is 6.52. The molecule has 0 aliphatic carbocycles. The Morgan fingerprint density at radius 3 is 1.84 bits per heavy atom. The van der Waals surface area contributed by atoms with Crippen molar-refractivity contribution in [3.8, 4) is 5.75 Å². The molecule has 1 unspecified atom stereocenters. The van der Waals surface area contributed by atoms with Crippen LogP contribution in [0.2, 0.25) is 0 Å². The Labute approximate surface area is 253 Å². The number of rotatable bonds is 17. The summed E-state index contributed by atoms with van der Waals surface area (Å²) in [7, 11) is 0. The van der Waals surface area contributed by atoms with Crippen LogP contribution in [0, 0.1) is 6.92 Å². The van der Waals surface area contributed by atoms with Crippen LogP contribution < -0.4 is 4.74 Å². The van der Waals surface area contributed by atoms with E-state index >= 15 is 0 Å². The average molecular weight is 583 g/mol. The van der Waals surface area contributed by atoms with E-state index in [0.717, 1.165) is 48.8 Å². The molecule has 0 saturated carbocycles. The molecule has 9 nitrogen and oxygen atoms in total. The normalized spacial score (nSPS) is 11.8. The lowest BCUT2D eigenvalue weighted by Gasteiger charge is -2.16. The first kappa shape index (κ1) is 32.6. The zero-order chi connectivity index (χ0) is 30.9. The largest absolute Gasteiger partial charge is 0.494 e. The average Bonchev–Trinajstić information content (AvgIpc) is 3.04. The van der Waals surface area contributed by atoms with Gasteiger partial charge in [0.2, 0.25) is 0 Å². The molecule has 3 aromatic rings. The van der Waals surface area contributed by atoms with E-state index in [4.69, 9.17) is 14.2 Å². The highest BCUT2D eigenvalue weighted by Crippen LogP contribution is 2.30. The smallest absolute Gasteiger partial charge is 0.330 e. The summed E-state index contributed by atoms with van der Waals surface area (Å²) in [4.78, 5) is 22.3. The molecule has 0 aromatic heterocycles. The van der Waals surface area contributed by atoms with Crippen molar-refractivity contribution < 1.29 is 23.8 Å². The topological polar surface area (TPSA) is 111 Å². The van der Waals surface area contributed by atoms with Crippen LogP contribution in [0.4, 0.5) is 22.7 Å². The SMILES string of the molecule is C=CC(=O)OCCCCOc1ccc(/N=N/c2ccc(/N=N/c3ccc(C(CC)CCOC(=O)C=C)cc3C)cc2)cc1. The number of azo groups is 2. The van der Waals surface area contributed by atoms with Crippen LogP contribution in [-0.4, -0.2) is 31.8 Å². The van der Waals surface area contributed by atoms with Gasteiger partial charge in [-0.15, -0.1) is 0 Å². The van der Waals surface area contributed by atoms with E-state index in [-0.39, 0.29) is 5.92 Å². The minimum absolute atomic E-state index is 0.286. The molecule has 0 heterocycles. The van der Waals surface area contributed by atoms with Crippen LogP contribution >= 0.6 is 0 Å². The zero-order valence-corrected chi connectivity index (χ0v) is 24.8. The second kappa shape index (κ2) is 17.8. The van der Waals surface area contributed by atoms with Gasteiger partial charge in [0.25, 0.3) is 0 Å². The van der Waals surface area contributed by atoms with E-state index in [0.29, 0.717) is 36.9 Å². The van der Waals surface area contributed by atoms with Crippen molar-refractivity contribution in [2.75, 3.05) is 19.8 Å². The Bertz CT molecular complexity index is 1420. The minimum Gasteiger partial charge on any atom is -0.494 e. The molecule has 0 fully saturated rings. The number of carbonyl (C=O) groups excluding carboxylic acids is 2. The van der Waals surface area contributed by atoms with Crippen molar-refractivity contribution in [3.63, 3.8) is 0 Å². The molecule has 43 heavy (non-hydrogen) atoms. The summed E-state index contributed by atoms with van der Waals surface area (Å²) in [5.74, 6) is 0.211. The fraction of sp³-hybridized carbons (Fsp3) is 0.294. The number of ether oxygens (including phenoxy) is 3. The minimum atomic E-state index is -0.412. The van der Waals surface area contributed by atoms with Crippen molar-refractivity contribution in [2.45, 2.75) is 45.4 Å². The van der Waals surface area contributed by atoms with Crippen molar-refractivity contribution in [3.05, 3.63) is 103 Å². The molecule has 3 rings (SSSR count). The highest BCUT2D eigenvalue weighted by molar-refractivity contribution is 5.81. The van der Waals surface area contributed by atoms with Gasteiger partial charge in [-0.1, -0.05) is 32.2 Å². The molecular formula is C34H38N4O5. The zero-order valence-electron chi connectivity index (χ0n) is 24.8. The first-order valence-electron chi connectivity index (χ1n) is 14.3. The predicted octanol–water partition coefficient (Wildman–Crippen LogP) is 9.33. The number of unbranched alkanes of at least 4 members (excludes halogenated alkanes) is 1. The van der Waals surface area contributed by atoms with Crippen molar-refractivity contribution in [1.29, 1.82) is 0 Å². The molecule has 224 valence electrons. The fourth-order valence-corrected chi connectivity index (χ4v) is 4.06. The van der Waals surface area contributed by atoms with Gasteiger partial charge in [0.1, 0.15) is 5.75 Å². The molecule has 0 aliphatic heterocycles. The molecule has 0 amide bonds. The third-order valence-corrected chi connectivity index (χ3v) is 6.52. The summed E-state index contributed by atoms with van der Waals surface area (Å²) in [5.41, 5.74) is 5.11. The molecular weight excluding hydrogens is 544 g/mol. The van der Waals surface area contributed by atoms with Crippen LogP contribution in [-0.2, 0) is 19.1 Å². The van der Waals surface area contributed by atoms with E-state index in [1.54, 1.807) is 0 Å². The van der Waals surface area contributed by atoms with Gasteiger partial charge in [0.15, 0.2) is 0 Å². The molecule has 3 aromatic carbocycles. The lowest BCUT2D eigenvalue weighted by molar-refractivity contribution is -0.138. The van der Waals surface area contributed by atoms with Gasteiger partial charge in [-0.3, -0.25) is 0 Å². The van der Waals surface area contributed by atoms with Crippen LogP contribution in [0.1, 0.15) is 49.7 Å². The maximum atomic E-state index is 11.3. The van der Waals surface area contributed by atoms with E-state index in [1.165, 1.54) is 11.6 Å². The molecule has 9 heteroatoms. The molecule has 0 aliphatic rings. The highest BCUT2D eigenvalue weighted by Gasteiger charge is 2.12. The molecule has 0 radical (unpaired) electrons. The number of esters is 2. The van der Waals surface area contributed by atoms with Crippen LogP contribution in [0.15, 0.2) is 112 Å². The Morgan fingerprint density at radius 2 is 1.28 bits per heavy atom. The molecule has 0 bridgehead atoms. The Balaban J connectivity index is 1.47. The standard InChI is InChI=1S/C34H38N4O5/c1-5-26(20-23-43-34(40)7-3)27-10-19-32(25(4)24-27)38-37-29-13-11-28(12-14-29)35-36-30-15-17-31(18-16-30)41-21-8-9-22-42-33(39)6-2/h6-7,10-19,24,26H,2-3,5,8-9,20-23H2,1,4H3/b36-35+,38-37+. The van der Waals surface area contributed by atoms with Gasteiger partial charge < -0.3 is 14.2 Å². The number of carbonyl (C=O) groups is 2. The summed E-state index contributed by atoms with van der Waals surface area (Å²) in [6.07, 6.45) is 5.51. The first-order chi connectivity index (χ1) is 20.9. The Morgan fingerprint density at radius 1 is 0.744 bits per heavy atom. The van der Waals surface area contributed by atoms with Gasteiger partial charge in [0.05, 0.1) is 42.6 Å². The molecule has 0 spiro atoms. The second-order valence-electron chi connectivity index (χ2n) is 9.65. The van der Waals surface area contributed by atoms with E-state index in [9.17, 15) is 9.59 Å². The lowest BCUT2D eigenvalue weighted by Crippen LogP contribution is -2.07. The number of nitrogens with zero attached hydrogens (tertiary/aromatic N) is 4. The molecule has 0 saturated heterocycles. The highest BCUT2D eigenvalue weighted by atomic mass is 16.5. The lowest BCUT2D eigenvalue weighted by atomic mass is 9.92. The summed E-state index contributed by atoms with van der Waals surface area (Å²) in [6.45, 7) is 12.2. The molecule has 1 atom stereocenters. The van der Waals surface area contributed by atoms with E-state index in [2.05, 4.69) is 52.7 Å². The summed E-state index contributed by atoms with van der Waals surface area (Å²) < 4.78 is 15.8. The van der Waals surface area contributed by atoms with Gasteiger partial charge in [-0.2, -0.15) is 20.5 Å². The first-order valence-corrected chi connectivity index (χ1v) is 14.3. The van der Waals surface area contributed by atoms with E-state index < -0.39 is 11.9 Å². The van der Waals surface area contributed by atoms with Gasteiger partial charge in [0, 0.05) is 12.2 Å². The fourth-order valence-electron chi connectivity index (χ4n) is 4.06. The van der Waals surface area contributed by atoms with Crippen LogP contribution in [0.5, 0.6) is 5.75 Å². The number of hydrogen-bond donors (Lipinski definition) is 0. The quantitative estimate of drug-likeness (QED) is 0.0681. The van der Waals surface area contributed by atoms with Gasteiger partial charge in [-0.25, -0.2) is 9.59 Å². The Hall–Kier alpha value is -4.92. The summed E-state index contributed by atoms with van der Waals surface area (Å²) in [6, 6.07) is 20.8. The maximum absolute atomic E-state index is 11.3. The monoisotopic (exact) mass is 582 g/mol. The van der Waals surface area contributed by atoms with E-state index in [1.807, 2.05) is 61.5 Å². The maximum Gasteiger partial charge on any atom is 0.330 e. The van der Waals surface area contributed by atoms with Crippen molar-refractivity contribution in [1.82, 2.24) is 0 Å². The van der Waals surface area contributed by atoms with Crippen LogP contribution in [0.25, 0.3) is 0 Å². The second-order valence-corrected chi connectivity index (χ2v) is 9.65. The number of hydrogen-bond acceptors (Lipinski definition) is 9. The van der Waals surface area contributed by atoms with Gasteiger partial charge in [-0.05, 0) is 104 Å². The molecule has 0 N–H and O–H groups in total. The Kier molecular flexibility index (Phi) is 13.5. The van der Waals surface area contributed by atoms with Gasteiger partial charge >= 0.3 is 11.9 Å². The number of aryl methyl sites for hydroxylation is 1. The summed E-state index contributed by atoms with van der Waals surface area (Å²) in [5, 5.41) is 17.4. The number of benzene rings is 3. The summed E-state index contributed by atoms with van der Waals surface area (Å²) >= 11 is 0.